The average molecular weight is 163 g/mol. The number of carbonyl (C=O) groups excluding carboxylic acids is 1. The summed E-state index contributed by atoms with van der Waals surface area (Å²) in [6, 6.07) is 3.72. The molecule has 3 nitrogen and oxygen atoms in total. The minimum absolute atomic E-state index is 0.165. The van der Waals surface area contributed by atoms with Crippen LogP contribution in [0, 0.1) is 0 Å². The lowest BCUT2D eigenvalue weighted by Crippen LogP contribution is -2.01. The summed E-state index contributed by atoms with van der Waals surface area (Å²) in [7, 11) is 0. The highest BCUT2D eigenvalue weighted by atomic mass is 16.5. The molecule has 1 aromatic rings. The van der Waals surface area contributed by atoms with Crippen molar-refractivity contribution in [3.05, 3.63) is 24.0 Å². The van der Waals surface area contributed by atoms with Gasteiger partial charge in [0.2, 0.25) is 0 Å². The van der Waals surface area contributed by atoms with Gasteiger partial charge in [-0.2, -0.15) is 0 Å². The van der Waals surface area contributed by atoms with Gasteiger partial charge in [-0.1, -0.05) is 0 Å². The van der Waals surface area contributed by atoms with E-state index in [-0.39, 0.29) is 5.92 Å². The number of ether oxygens (including phenoxy) is 1. The number of pyridine rings is 1. The van der Waals surface area contributed by atoms with Crippen LogP contribution in [0.3, 0.4) is 0 Å². The number of rotatable bonds is 2. The molecule has 0 aliphatic carbocycles. The lowest BCUT2D eigenvalue weighted by atomic mass is 10.0. The molecular weight excluding hydrogens is 154 g/mol. The van der Waals surface area contributed by atoms with E-state index in [0.29, 0.717) is 13.0 Å². The zero-order valence-corrected chi connectivity index (χ0v) is 6.56. The van der Waals surface area contributed by atoms with Crippen LogP contribution >= 0.6 is 0 Å². The Balaban J connectivity index is 2.29. The average Bonchev–Trinajstić information content (AvgIpc) is 2.50. The summed E-state index contributed by atoms with van der Waals surface area (Å²) in [6.45, 7) is 0.588. The van der Waals surface area contributed by atoms with Gasteiger partial charge in [0.05, 0.1) is 12.3 Å². The second kappa shape index (κ2) is 2.93. The van der Waals surface area contributed by atoms with E-state index in [9.17, 15) is 4.79 Å². The second-order valence-electron chi connectivity index (χ2n) is 2.80. The monoisotopic (exact) mass is 163 g/mol. The lowest BCUT2D eigenvalue weighted by molar-refractivity contribution is -0.108. The number of aromatic nitrogens is 1. The van der Waals surface area contributed by atoms with Crippen molar-refractivity contribution in [1.82, 2.24) is 4.98 Å². The van der Waals surface area contributed by atoms with Crippen LogP contribution in [0.1, 0.15) is 18.0 Å². The number of hydrogen-bond acceptors (Lipinski definition) is 3. The molecule has 1 aliphatic rings. The molecule has 12 heavy (non-hydrogen) atoms. The number of hydrogen-bond donors (Lipinski definition) is 0. The van der Waals surface area contributed by atoms with Crippen LogP contribution in [0.25, 0.3) is 0 Å². The first-order valence-corrected chi connectivity index (χ1v) is 3.93. The van der Waals surface area contributed by atoms with Crippen LogP contribution in [-0.2, 0) is 4.79 Å². The summed E-state index contributed by atoms with van der Waals surface area (Å²) in [5, 5.41) is 0. The van der Waals surface area contributed by atoms with Crippen molar-refractivity contribution in [3.8, 4) is 5.75 Å². The van der Waals surface area contributed by atoms with Gasteiger partial charge in [0.1, 0.15) is 12.0 Å². The van der Waals surface area contributed by atoms with Crippen LogP contribution in [-0.4, -0.2) is 17.9 Å². The Morgan fingerprint density at radius 3 is 3.50 bits per heavy atom. The Morgan fingerprint density at radius 2 is 2.67 bits per heavy atom. The zero-order valence-electron chi connectivity index (χ0n) is 6.56. The molecule has 62 valence electrons. The number of fused-ring (bicyclic) bond motifs is 1. The first-order chi connectivity index (χ1) is 5.92. The highest BCUT2D eigenvalue weighted by molar-refractivity contribution is 5.52. The maximum absolute atomic E-state index is 10.3. The predicted molar refractivity (Wildman–Crippen MR) is 43.2 cm³/mol. The van der Waals surface area contributed by atoms with Gasteiger partial charge in [-0.15, -0.1) is 0 Å². The molecule has 0 radical (unpaired) electrons. The van der Waals surface area contributed by atoms with Crippen LogP contribution < -0.4 is 4.74 Å². The summed E-state index contributed by atoms with van der Waals surface area (Å²) in [4.78, 5) is 14.5. The van der Waals surface area contributed by atoms with Crippen LogP contribution in [0.15, 0.2) is 18.3 Å². The quantitative estimate of drug-likeness (QED) is 0.614. The maximum atomic E-state index is 10.3. The zero-order chi connectivity index (χ0) is 8.39. The molecule has 0 amide bonds. The van der Waals surface area contributed by atoms with E-state index >= 15 is 0 Å². The van der Waals surface area contributed by atoms with Crippen molar-refractivity contribution < 1.29 is 9.53 Å². The third-order valence-corrected chi connectivity index (χ3v) is 2.01. The van der Waals surface area contributed by atoms with Crippen molar-refractivity contribution in [2.24, 2.45) is 0 Å². The molecule has 1 unspecified atom stereocenters. The first kappa shape index (κ1) is 7.28. The van der Waals surface area contributed by atoms with Crippen molar-refractivity contribution >= 4 is 6.29 Å². The van der Waals surface area contributed by atoms with Gasteiger partial charge in [0.25, 0.3) is 0 Å². The summed E-state index contributed by atoms with van der Waals surface area (Å²) >= 11 is 0. The third kappa shape index (κ3) is 1.07. The van der Waals surface area contributed by atoms with Gasteiger partial charge in [-0.25, -0.2) is 0 Å². The Kier molecular flexibility index (Phi) is 1.78. The van der Waals surface area contributed by atoms with Gasteiger partial charge in [0.15, 0.2) is 0 Å². The van der Waals surface area contributed by atoms with Gasteiger partial charge >= 0.3 is 0 Å². The number of aldehydes is 1. The normalized spacial score (nSPS) is 19.8. The van der Waals surface area contributed by atoms with Gasteiger partial charge in [-0.05, 0) is 12.1 Å². The van der Waals surface area contributed by atoms with E-state index in [1.165, 1.54) is 0 Å². The maximum Gasteiger partial charge on any atom is 0.141 e. The van der Waals surface area contributed by atoms with E-state index in [1.807, 2.05) is 12.1 Å². The van der Waals surface area contributed by atoms with Crippen molar-refractivity contribution in [3.63, 3.8) is 0 Å². The molecule has 2 rings (SSSR count). The minimum atomic E-state index is 0.165. The highest BCUT2D eigenvalue weighted by Crippen LogP contribution is 2.32. The molecule has 3 heteroatoms. The van der Waals surface area contributed by atoms with E-state index < -0.39 is 0 Å². The number of nitrogens with zero attached hydrogens (tertiary/aromatic N) is 1. The van der Waals surface area contributed by atoms with E-state index in [2.05, 4.69) is 4.98 Å². The minimum Gasteiger partial charge on any atom is -0.491 e. The fraction of sp³-hybridized carbons (Fsp3) is 0.333. The van der Waals surface area contributed by atoms with Crippen LogP contribution in [0.2, 0.25) is 0 Å². The molecule has 1 aliphatic heterocycles. The fourth-order valence-corrected chi connectivity index (χ4v) is 1.40. The third-order valence-electron chi connectivity index (χ3n) is 2.01. The molecule has 1 aromatic heterocycles. The Morgan fingerprint density at radius 1 is 1.75 bits per heavy atom. The van der Waals surface area contributed by atoms with Crippen molar-refractivity contribution in [1.29, 1.82) is 0 Å². The van der Waals surface area contributed by atoms with Gasteiger partial charge < -0.3 is 9.53 Å². The highest BCUT2D eigenvalue weighted by Gasteiger charge is 2.24. The topological polar surface area (TPSA) is 39.2 Å². The van der Waals surface area contributed by atoms with E-state index in [4.69, 9.17) is 4.74 Å². The SMILES string of the molecule is O=CCC1COc2cccnc21. The molecular formula is C9H9NO2. The largest absolute Gasteiger partial charge is 0.491 e. The lowest BCUT2D eigenvalue weighted by Gasteiger charge is -2.00. The molecule has 0 aromatic carbocycles. The van der Waals surface area contributed by atoms with Gasteiger partial charge in [-0.3, -0.25) is 4.98 Å². The fourth-order valence-electron chi connectivity index (χ4n) is 1.40. The summed E-state index contributed by atoms with van der Waals surface area (Å²) in [6.07, 6.45) is 3.15. The molecule has 0 N–H and O–H groups in total. The molecule has 0 fully saturated rings. The predicted octanol–water partition coefficient (Wildman–Crippen LogP) is 1.15. The molecule has 1 atom stereocenters. The molecule has 0 spiro atoms. The van der Waals surface area contributed by atoms with Crippen LogP contribution in [0.4, 0.5) is 0 Å². The van der Waals surface area contributed by atoms with E-state index in [1.54, 1.807) is 6.20 Å². The molecule has 0 saturated carbocycles. The summed E-state index contributed by atoms with van der Waals surface area (Å²) in [5.74, 6) is 0.989. The van der Waals surface area contributed by atoms with Crippen molar-refractivity contribution in [2.45, 2.75) is 12.3 Å². The Hall–Kier alpha value is -1.38. The smallest absolute Gasteiger partial charge is 0.141 e. The van der Waals surface area contributed by atoms with Gasteiger partial charge in [0, 0.05) is 18.5 Å². The Labute approximate surface area is 70.4 Å². The summed E-state index contributed by atoms with van der Waals surface area (Å²) < 4.78 is 5.34. The first-order valence-electron chi connectivity index (χ1n) is 3.93. The van der Waals surface area contributed by atoms with E-state index in [0.717, 1.165) is 17.7 Å². The number of carbonyl (C=O) groups is 1. The second-order valence-corrected chi connectivity index (χ2v) is 2.80. The molecule has 2 heterocycles. The van der Waals surface area contributed by atoms with Crippen LogP contribution in [0.5, 0.6) is 5.75 Å². The van der Waals surface area contributed by atoms with Crippen molar-refractivity contribution in [2.75, 3.05) is 6.61 Å². The Bertz CT molecular complexity index is 298. The molecule has 0 bridgehead atoms. The standard InChI is InChI=1S/C9H9NO2/c11-5-3-7-6-12-8-2-1-4-10-9(7)8/h1-2,4-5,7H,3,6H2. The summed E-state index contributed by atoms with van der Waals surface area (Å²) in [5.41, 5.74) is 0.921. The molecule has 0 saturated heterocycles.